The van der Waals surface area contributed by atoms with E-state index in [1.54, 1.807) is 6.07 Å². The van der Waals surface area contributed by atoms with Gasteiger partial charge < -0.3 is 10.4 Å². The van der Waals surface area contributed by atoms with Gasteiger partial charge in [0.2, 0.25) is 0 Å². The van der Waals surface area contributed by atoms with E-state index < -0.39 is 0 Å². The topological polar surface area (TPSA) is 58.0 Å². The first-order valence-corrected chi connectivity index (χ1v) is 5.96. The molecule has 0 amide bonds. The zero-order chi connectivity index (χ0) is 11.5. The van der Waals surface area contributed by atoms with Crippen molar-refractivity contribution >= 4 is 17.4 Å². The van der Waals surface area contributed by atoms with Crippen molar-refractivity contribution in [2.24, 2.45) is 5.92 Å². The predicted molar refractivity (Wildman–Crippen MR) is 63.6 cm³/mol. The fourth-order valence-electron chi connectivity index (χ4n) is 2.11. The van der Waals surface area contributed by atoms with Crippen LogP contribution in [0.15, 0.2) is 6.07 Å². The number of rotatable bonds is 3. The van der Waals surface area contributed by atoms with Crippen molar-refractivity contribution in [3.63, 3.8) is 0 Å². The summed E-state index contributed by atoms with van der Waals surface area (Å²) in [5.41, 5.74) is 0. The van der Waals surface area contributed by atoms with Gasteiger partial charge in [0.15, 0.2) is 0 Å². The van der Waals surface area contributed by atoms with Gasteiger partial charge in [0.1, 0.15) is 16.8 Å². The van der Waals surface area contributed by atoms with E-state index in [0.29, 0.717) is 16.9 Å². The average Bonchev–Trinajstić information content (AvgIpc) is 2.59. The number of halogens is 1. The Kier molecular flexibility index (Phi) is 3.61. The Balaban J connectivity index is 1.94. The number of aliphatic hydroxyl groups is 1. The highest BCUT2D eigenvalue weighted by molar-refractivity contribution is 6.29. The minimum absolute atomic E-state index is 0.175. The SMILES string of the molecule is Cc1nc(Cl)cc(NCC2CCCC2O)n1. The molecular weight excluding hydrogens is 226 g/mol. The predicted octanol–water partition coefficient (Wildman–Crippen LogP) is 2.01. The molecule has 1 aromatic heterocycles. The second-order valence-corrected chi connectivity index (χ2v) is 4.65. The van der Waals surface area contributed by atoms with Crippen LogP contribution in [0, 0.1) is 12.8 Å². The van der Waals surface area contributed by atoms with E-state index in [1.165, 1.54) is 0 Å². The van der Waals surface area contributed by atoms with Crippen LogP contribution in [0.5, 0.6) is 0 Å². The van der Waals surface area contributed by atoms with Crippen molar-refractivity contribution in [1.82, 2.24) is 9.97 Å². The summed E-state index contributed by atoms with van der Waals surface area (Å²) in [6.45, 7) is 2.55. The second-order valence-electron chi connectivity index (χ2n) is 4.26. The summed E-state index contributed by atoms with van der Waals surface area (Å²) >= 11 is 5.83. The molecule has 1 aliphatic carbocycles. The summed E-state index contributed by atoms with van der Waals surface area (Å²) < 4.78 is 0. The molecule has 1 aromatic rings. The number of anilines is 1. The molecule has 0 aliphatic heterocycles. The van der Waals surface area contributed by atoms with Crippen LogP contribution in [0.25, 0.3) is 0 Å². The molecule has 2 atom stereocenters. The van der Waals surface area contributed by atoms with E-state index >= 15 is 0 Å². The highest BCUT2D eigenvalue weighted by Gasteiger charge is 2.24. The third-order valence-electron chi connectivity index (χ3n) is 2.97. The summed E-state index contributed by atoms with van der Waals surface area (Å²) in [7, 11) is 0. The summed E-state index contributed by atoms with van der Waals surface area (Å²) in [5, 5.41) is 13.3. The molecule has 16 heavy (non-hydrogen) atoms. The number of aromatic nitrogens is 2. The Morgan fingerprint density at radius 1 is 1.50 bits per heavy atom. The molecule has 0 bridgehead atoms. The Bertz CT molecular complexity index is 352. The lowest BCUT2D eigenvalue weighted by Crippen LogP contribution is -2.22. The van der Waals surface area contributed by atoms with Gasteiger partial charge in [0.05, 0.1) is 6.10 Å². The van der Waals surface area contributed by atoms with Gasteiger partial charge in [0.25, 0.3) is 0 Å². The van der Waals surface area contributed by atoms with Crippen LogP contribution < -0.4 is 5.32 Å². The average molecular weight is 242 g/mol. The van der Waals surface area contributed by atoms with E-state index in [2.05, 4.69) is 15.3 Å². The maximum atomic E-state index is 9.68. The van der Waals surface area contributed by atoms with E-state index in [-0.39, 0.29) is 6.10 Å². The number of nitrogens with zero attached hydrogens (tertiary/aromatic N) is 2. The van der Waals surface area contributed by atoms with Crippen molar-refractivity contribution in [3.05, 3.63) is 17.0 Å². The number of nitrogens with one attached hydrogen (secondary N) is 1. The van der Waals surface area contributed by atoms with E-state index in [0.717, 1.165) is 31.6 Å². The van der Waals surface area contributed by atoms with Crippen molar-refractivity contribution in [2.45, 2.75) is 32.3 Å². The van der Waals surface area contributed by atoms with E-state index in [1.807, 2.05) is 6.92 Å². The van der Waals surface area contributed by atoms with Crippen molar-refractivity contribution < 1.29 is 5.11 Å². The molecule has 1 heterocycles. The molecule has 2 N–H and O–H groups in total. The van der Waals surface area contributed by atoms with Gasteiger partial charge in [-0.05, 0) is 19.8 Å². The molecular formula is C11H16ClN3O. The third-order valence-corrected chi connectivity index (χ3v) is 3.16. The van der Waals surface area contributed by atoms with Crippen molar-refractivity contribution in [3.8, 4) is 0 Å². The standard InChI is InChI=1S/C11H16ClN3O/c1-7-14-10(12)5-11(15-7)13-6-8-3-2-4-9(8)16/h5,8-9,16H,2-4,6H2,1H3,(H,13,14,15). The number of aliphatic hydroxyl groups excluding tert-OH is 1. The minimum Gasteiger partial charge on any atom is -0.393 e. The molecule has 0 aromatic carbocycles. The van der Waals surface area contributed by atoms with Gasteiger partial charge in [-0.15, -0.1) is 0 Å². The molecule has 5 heteroatoms. The van der Waals surface area contributed by atoms with E-state index in [9.17, 15) is 5.11 Å². The molecule has 4 nitrogen and oxygen atoms in total. The lowest BCUT2D eigenvalue weighted by atomic mass is 10.1. The van der Waals surface area contributed by atoms with Crippen LogP contribution in [0.4, 0.5) is 5.82 Å². The number of hydrogen-bond donors (Lipinski definition) is 2. The molecule has 2 rings (SSSR count). The van der Waals surface area contributed by atoms with Gasteiger partial charge in [-0.1, -0.05) is 18.0 Å². The highest BCUT2D eigenvalue weighted by Crippen LogP contribution is 2.25. The normalized spacial score (nSPS) is 24.7. The number of aryl methyl sites for hydroxylation is 1. The quantitative estimate of drug-likeness (QED) is 0.795. The Labute approximate surface area is 100 Å². The van der Waals surface area contributed by atoms with Gasteiger partial charge in [-0.3, -0.25) is 0 Å². The molecule has 0 spiro atoms. The molecule has 1 saturated carbocycles. The number of hydrogen-bond acceptors (Lipinski definition) is 4. The summed E-state index contributed by atoms with van der Waals surface area (Å²) in [5.74, 6) is 1.72. The largest absolute Gasteiger partial charge is 0.393 e. The van der Waals surface area contributed by atoms with Crippen molar-refractivity contribution in [1.29, 1.82) is 0 Å². The smallest absolute Gasteiger partial charge is 0.134 e. The summed E-state index contributed by atoms with van der Waals surface area (Å²) in [4.78, 5) is 8.23. The van der Waals surface area contributed by atoms with Crippen molar-refractivity contribution in [2.75, 3.05) is 11.9 Å². The first-order valence-electron chi connectivity index (χ1n) is 5.58. The van der Waals surface area contributed by atoms with Crippen LogP contribution in [0.2, 0.25) is 5.15 Å². The summed E-state index contributed by atoms with van der Waals surface area (Å²) in [6.07, 6.45) is 2.92. The van der Waals surface area contributed by atoms with Gasteiger partial charge in [-0.2, -0.15) is 0 Å². The third kappa shape index (κ3) is 2.83. The van der Waals surface area contributed by atoms with E-state index in [4.69, 9.17) is 11.6 Å². The first-order chi connectivity index (χ1) is 7.65. The summed E-state index contributed by atoms with van der Waals surface area (Å²) in [6, 6.07) is 1.70. The molecule has 88 valence electrons. The van der Waals surface area contributed by atoms with Gasteiger partial charge in [-0.25, -0.2) is 9.97 Å². The first kappa shape index (κ1) is 11.6. The molecule has 2 unspecified atom stereocenters. The Morgan fingerprint density at radius 3 is 2.94 bits per heavy atom. The molecule has 1 aliphatic rings. The van der Waals surface area contributed by atoms with Crippen LogP contribution in [-0.2, 0) is 0 Å². The molecule has 1 fully saturated rings. The minimum atomic E-state index is -0.175. The molecule has 0 radical (unpaired) electrons. The lowest BCUT2D eigenvalue weighted by Gasteiger charge is -2.15. The van der Waals surface area contributed by atoms with Crippen LogP contribution in [-0.4, -0.2) is 27.7 Å². The van der Waals surface area contributed by atoms with Gasteiger partial charge >= 0.3 is 0 Å². The highest BCUT2D eigenvalue weighted by atomic mass is 35.5. The van der Waals surface area contributed by atoms with Crippen LogP contribution in [0.1, 0.15) is 25.1 Å². The van der Waals surface area contributed by atoms with Gasteiger partial charge in [0, 0.05) is 18.5 Å². The van der Waals surface area contributed by atoms with Crippen LogP contribution in [0.3, 0.4) is 0 Å². The maximum Gasteiger partial charge on any atom is 0.134 e. The molecule has 0 saturated heterocycles. The lowest BCUT2D eigenvalue weighted by molar-refractivity contribution is 0.138. The zero-order valence-corrected chi connectivity index (χ0v) is 10.0. The fraction of sp³-hybridized carbons (Fsp3) is 0.636. The Morgan fingerprint density at radius 2 is 2.31 bits per heavy atom. The zero-order valence-electron chi connectivity index (χ0n) is 9.28. The fourth-order valence-corrected chi connectivity index (χ4v) is 2.34. The Hall–Kier alpha value is -0.870. The monoisotopic (exact) mass is 241 g/mol. The van der Waals surface area contributed by atoms with Crippen LogP contribution >= 0.6 is 11.6 Å². The maximum absolute atomic E-state index is 9.68. The second kappa shape index (κ2) is 4.97.